The molecule has 0 saturated carbocycles. The molecule has 0 spiro atoms. The molecule has 0 atom stereocenters. The van der Waals surface area contributed by atoms with Gasteiger partial charge in [-0.1, -0.05) is 49.4 Å². The molecule has 2 aromatic carbocycles. The van der Waals surface area contributed by atoms with Crippen LogP contribution in [0.4, 0.5) is 4.39 Å². The predicted molar refractivity (Wildman–Crippen MR) is 147 cm³/mol. The van der Waals surface area contributed by atoms with Crippen molar-refractivity contribution in [3.63, 3.8) is 0 Å². The second kappa shape index (κ2) is 12.6. The highest BCUT2D eigenvalue weighted by molar-refractivity contribution is 6.00. The minimum atomic E-state index is -0.270. The SMILES string of the molecule is CC/C(=C(/c1ccc(OCCNC/C=C/C(=O)NC)nc1)c1ccc2[nH]cc(F)c2c1)c1ccccc1. The van der Waals surface area contributed by atoms with E-state index in [4.69, 9.17) is 4.74 Å². The van der Waals surface area contributed by atoms with Crippen LogP contribution in [0.1, 0.15) is 30.0 Å². The quantitative estimate of drug-likeness (QED) is 0.148. The predicted octanol–water partition coefficient (Wildman–Crippen LogP) is 5.34. The smallest absolute Gasteiger partial charge is 0.243 e. The van der Waals surface area contributed by atoms with Crippen LogP contribution < -0.4 is 15.4 Å². The van der Waals surface area contributed by atoms with Crippen LogP contribution in [0.5, 0.6) is 5.88 Å². The van der Waals surface area contributed by atoms with Crippen molar-refractivity contribution in [2.75, 3.05) is 26.7 Å². The number of halogens is 1. The maximum absolute atomic E-state index is 14.4. The summed E-state index contributed by atoms with van der Waals surface area (Å²) in [6.07, 6.45) is 7.23. The monoisotopic (exact) mass is 498 g/mol. The molecule has 0 unspecified atom stereocenters. The number of aromatic nitrogens is 2. The zero-order valence-corrected chi connectivity index (χ0v) is 21.1. The fraction of sp³-hybridized carbons (Fsp3) is 0.200. The van der Waals surface area contributed by atoms with Crippen molar-refractivity contribution in [1.82, 2.24) is 20.6 Å². The third kappa shape index (κ3) is 6.51. The lowest BCUT2D eigenvalue weighted by molar-refractivity contribution is -0.116. The van der Waals surface area contributed by atoms with Gasteiger partial charge in [-0.05, 0) is 46.9 Å². The highest BCUT2D eigenvalue weighted by Crippen LogP contribution is 2.36. The Kier molecular flexibility index (Phi) is 8.84. The van der Waals surface area contributed by atoms with Gasteiger partial charge in [-0.3, -0.25) is 4.79 Å². The lowest BCUT2D eigenvalue weighted by atomic mass is 9.88. The molecule has 190 valence electrons. The zero-order valence-electron chi connectivity index (χ0n) is 21.1. The van der Waals surface area contributed by atoms with E-state index >= 15 is 0 Å². The molecule has 0 aliphatic carbocycles. The average Bonchev–Trinajstić information content (AvgIpc) is 3.31. The molecule has 6 nitrogen and oxygen atoms in total. The normalized spacial score (nSPS) is 12.1. The summed E-state index contributed by atoms with van der Waals surface area (Å²) in [7, 11) is 1.59. The van der Waals surface area contributed by atoms with Gasteiger partial charge >= 0.3 is 0 Å². The molecule has 3 N–H and O–H groups in total. The summed E-state index contributed by atoms with van der Waals surface area (Å²) in [6, 6.07) is 19.9. The second-order valence-corrected chi connectivity index (χ2v) is 8.42. The number of nitrogens with zero attached hydrogens (tertiary/aromatic N) is 1. The summed E-state index contributed by atoms with van der Waals surface area (Å²) in [5, 5.41) is 6.28. The Morgan fingerprint density at radius 2 is 1.89 bits per heavy atom. The van der Waals surface area contributed by atoms with Crippen LogP contribution in [-0.4, -0.2) is 42.6 Å². The molecule has 7 heteroatoms. The lowest BCUT2D eigenvalue weighted by Crippen LogP contribution is -2.22. The molecule has 0 fully saturated rings. The molecule has 0 saturated heterocycles. The summed E-state index contributed by atoms with van der Waals surface area (Å²) in [5.41, 5.74) is 5.90. The third-order valence-electron chi connectivity index (χ3n) is 6.03. The maximum atomic E-state index is 14.4. The fourth-order valence-corrected chi connectivity index (χ4v) is 4.20. The summed E-state index contributed by atoms with van der Waals surface area (Å²) in [4.78, 5) is 18.7. The van der Waals surface area contributed by atoms with E-state index in [1.54, 1.807) is 19.3 Å². The summed E-state index contributed by atoms with van der Waals surface area (Å²) >= 11 is 0. The Morgan fingerprint density at radius 1 is 1.08 bits per heavy atom. The average molecular weight is 499 g/mol. The number of likely N-dealkylation sites (N-methyl/N-ethyl adjacent to an activating group) is 1. The van der Waals surface area contributed by atoms with E-state index in [1.807, 2.05) is 48.5 Å². The topological polar surface area (TPSA) is 79.0 Å². The van der Waals surface area contributed by atoms with Crippen LogP contribution in [0.3, 0.4) is 0 Å². The molecule has 0 radical (unpaired) electrons. The van der Waals surface area contributed by atoms with Gasteiger partial charge in [-0.25, -0.2) is 9.37 Å². The summed E-state index contributed by atoms with van der Waals surface area (Å²) in [6.45, 7) is 3.75. The Labute approximate surface area is 216 Å². The van der Waals surface area contributed by atoms with Crippen LogP contribution >= 0.6 is 0 Å². The molecular formula is C30H31FN4O2. The van der Waals surface area contributed by atoms with Crippen LogP contribution in [0.25, 0.3) is 22.0 Å². The highest BCUT2D eigenvalue weighted by Gasteiger charge is 2.15. The van der Waals surface area contributed by atoms with Crippen molar-refractivity contribution in [2.45, 2.75) is 13.3 Å². The standard InChI is InChI=1S/C30H31FN4O2/c1-3-24(21-8-5-4-6-9-21)30(22-11-13-27-25(18-22)26(31)20-34-27)23-12-14-29(35-19-23)37-17-16-33-15-7-10-28(36)32-2/h4-14,18-20,33-34H,3,15-17H2,1-2H3,(H,32,36)/b10-7+,30-24-. The fourth-order valence-electron chi connectivity index (χ4n) is 4.20. The summed E-state index contributed by atoms with van der Waals surface area (Å²) in [5.74, 6) is 0.122. The molecule has 1 amide bonds. The number of hydrogen-bond acceptors (Lipinski definition) is 4. The number of carbonyl (C=O) groups excluding carboxylic acids is 1. The molecule has 2 heterocycles. The first-order chi connectivity index (χ1) is 18.1. The number of H-pyrrole nitrogens is 1. The number of allylic oxidation sites excluding steroid dienone is 1. The van der Waals surface area contributed by atoms with E-state index in [0.29, 0.717) is 31.0 Å². The van der Waals surface area contributed by atoms with E-state index in [0.717, 1.165) is 39.8 Å². The van der Waals surface area contributed by atoms with Crippen LogP contribution in [0, 0.1) is 5.82 Å². The molecule has 2 aromatic heterocycles. The van der Waals surface area contributed by atoms with Gasteiger partial charge in [-0.15, -0.1) is 0 Å². The number of rotatable bonds is 11. The molecule has 4 rings (SSSR count). The number of nitrogens with one attached hydrogen (secondary N) is 3. The molecule has 37 heavy (non-hydrogen) atoms. The van der Waals surface area contributed by atoms with Gasteiger partial charge in [0, 0.05) is 61.1 Å². The number of aromatic amines is 1. The van der Waals surface area contributed by atoms with Crippen molar-refractivity contribution < 1.29 is 13.9 Å². The van der Waals surface area contributed by atoms with Gasteiger partial charge in [0.2, 0.25) is 11.8 Å². The van der Waals surface area contributed by atoms with Crippen molar-refractivity contribution in [1.29, 1.82) is 0 Å². The minimum absolute atomic E-state index is 0.132. The van der Waals surface area contributed by atoms with E-state index in [9.17, 15) is 9.18 Å². The zero-order chi connectivity index (χ0) is 26.0. The van der Waals surface area contributed by atoms with Crippen LogP contribution in [0.15, 0.2) is 85.2 Å². The maximum Gasteiger partial charge on any atom is 0.243 e. The van der Waals surface area contributed by atoms with Crippen molar-refractivity contribution >= 4 is 28.0 Å². The molecule has 0 bridgehead atoms. The van der Waals surface area contributed by atoms with Gasteiger partial charge in [0.1, 0.15) is 12.4 Å². The molecule has 0 aliphatic rings. The number of benzene rings is 2. The van der Waals surface area contributed by atoms with Crippen molar-refractivity contribution in [3.8, 4) is 5.88 Å². The Hall–Kier alpha value is -4.23. The van der Waals surface area contributed by atoms with E-state index in [2.05, 4.69) is 39.7 Å². The number of carbonyl (C=O) groups is 1. The number of amides is 1. The number of hydrogen-bond donors (Lipinski definition) is 3. The van der Waals surface area contributed by atoms with Gasteiger partial charge in [0.25, 0.3) is 0 Å². The highest BCUT2D eigenvalue weighted by atomic mass is 19.1. The first kappa shape index (κ1) is 25.9. The van der Waals surface area contributed by atoms with Crippen LogP contribution in [0.2, 0.25) is 0 Å². The Morgan fingerprint density at radius 3 is 2.62 bits per heavy atom. The van der Waals surface area contributed by atoms with E-state index < -0.39 is 0 Å². The Bertz CT molecular complexity index is 1390. The van der Waals surface area contributed by atoms with Crippen molar-refractivity contribution in [2.24, 2.45) is 0 Å². The summed E-state index contributed by atoms with van der Waals surface area (Å²) < 4.78 is 20.2. The molecule has 4 aromatic rings. The number of fused-ring (bicyclic) bond motifs is 1. The van der Waals surface area contributed by atoms with Crippen molar-refractivity contribution in [3.05, 3.63) is 108 Å². The molecule has 0 aliphatic heterocycles. The third-order valence-corrected chi connectivity index (χ3v) is 6.03. The van der Waals surface area contributed by atoms with Gasteiger partial charge in [0.15, 0.2) is 0 Å². The Balaban J connectivity index is 1.56. The van der Waals surface area contributed by atoms with Gasteiger partial charge in [-0.2, -0.15) is 0 Å². The van der Waals surface area contributed by atoms with Gasteiger partial charge in [0.05, 0.1) is 0 Å². The number of pyridine rings is 1. The minimum Gasteiger partial charge on any atom is -0.476 e. The van der Waals surface area contributed by atoms with Gasteiger partial charge < -0.3 is 20.4 Å². The molecular weight excluding hydrogens is 467 g/mol. The lowest BCUT2D eigenvalue weighted by Gasteiger charge is -2.17. The number of ether oxygens (including phenoxy) is 1. The van der Waals surface area contributed by atoms with E-state index in [1.165, 1.54) is 12.3 Å². The second-order valence-electron chi connectivity index (χ2n) is 8.42. The van der Waals surface area contributed by atoms with Crippen LogP contribution in [-0.2, 0) is 4.79 Å². The first-order valence-electron chi connectivity index (χ1n) is 12.3. The first-order valence-corrected chi connectivity index (χ1v) is 12.3. The van der Waals surface area contributed by atoms with E-state index in [-0.39, 0.29) is 11.7 Å². The largest absolute Gasteiger partial charge is 0.476 e.